The second kappa shape index (κ2) is 10.6. The van der Waals surface area contributed by atoms with Crippen LogP contribution < -0.4 is 9.47 Å². The second-order valence-corrected chi connectivity index (χ2v) is 9.14. The van der Waals surface area contributed by atoms with Crippen LogP contribution in [0, 0.1) is 11.3 Å². The molecule has 0 spiro atoms. The molecule has 4 aromatic carbocycles. The minimum atomic E-state index is -1.21. The van der Waals surface area contributed by atoms with Gasteiger partial charge in [-0.3, -0.25) is 4.79 Å². The first-order chi connectivity index (χ1) is 18.1. The fraction of sp³-hybridized carbons (Fsp3) is 0.188. The Morgan fingerprint density at radius 1 is 0.892 bits per heavy atom. The van der Waals surface area contributed by atoms with Gasteiger partial charge in [-0.05, 0) is 52.9 Å². The van der Waals surface area contributed by atoms with E-state index in [0.717, 1.165) is 22.3 Å². The Labute approximate surface area is 217 Å². The molecule has 0 unspecified atom stereocenters. The van der Waals surface area contributed by atoms with Crippen LogP contribution in [-0.2, 0) is 25.0 Å². The molecule has 1 amide bonds. The van der Waals surface area contributed by atoms with E-state index in [1.807, 2.05) is 91.0 Å². The molecule has 1 atom stereocenters. The number of nitriles is 1. The van der Waals surface area contributed by atoms with Crippen molar-refractivity contribution in [2.45, 2.75) is 25.0 Å². The molecular weight excluding hydrogens is 460 g/mol. The number of fused-ring (bicyclic) bond motifs is 1. The molecule has 5 rings (SSSR count). The van der Waals surface area contributed by atoms with E-state index in [1.165, 1.54) is 0 Å². The summed E-state index contributed by atoms with van der Waals surface area (Å²) in [6.07, 6.45) is 0.974. The van der Waals surface area contributed by atoms with Crippen molar-refractivity contribution in [3.05, 3.63) is 131 Å². The molecule has 4 aromatic rings. The van der Waals surface area contributed by atoms with Crippen LogP contribution in [0.5, 0.6) is 11.5 Å². The summed E-state index contributed by atoms with van der Waals surface area (Å²) in [4.78, 5) is 15.5. The van der Waals surface area contributed by atoms with Crippen LogP contribution in [0.2, 0.25) is 0 Å². The molecule has 0 saturated carbocycles. The Morgan fingerprint density at radius 2 is 1.51 bits per heavy atom. The summed E-state index contributed by atoms with van der Waals surface area (Å²) < 4.78 is 11.9. The number of hydrogen-bond donors (Lipinski definition) is 0. The summed E-state index contributed by atoms with van der Waals surface area (Å²) in [6.45, 7) is 0.787. The molecule has 0 fully saturated rings. The van der Waals surface area contributed by atoms with E-state index in [2.05, 4.69) is 6.07 Å². The second-order valence-electron chi connectivity index (χ2n) is 9.14. The molecule has 0 aliphatic carbocycles. The SMILES string of the molecule is COc1cc2c(cc1OCc1ccccc1)[C@](C#N)(Cc1ccccc1)N(C(=O)c1ccccc1)CC2. The summed E-state index contributed by atoms with van der Waals surface area (Å²) >= 11 is 0. The first kappa shape index (κ1) is 24.1. The lowest BCUT2D eigenvalue weighted by atomic mass is 9.76. The maximum absolute atomic E-state index is 13.8. The zero-order valence-corrected chi connectivity index (χ0v) is 20.8. The molecule has 1 aliphatic heterocycles. The summed E-state index contributed by atoms with van der Waals surface area (Å²) in [5, 5.41) is 10.8. The number of methoxy groups -OCH3 is 1. The van der Waals surface area contributed by atoms with Crippen molar-refractivity contribution < 1.29 is 14.3 Å². The average molecular weight is 489 g/mol. The summed E-state index contributed by atoms with van der Waals surface area (Å²) in [5.74, 6) is 1.00. The van der Waals surface area contributed by atoms with Gasteiger partial charge in [0.2, 0.25) is 0 Å². The van der Waals surface area contributed by atoms with Gasteiger partial charge in [0, 0.05) is 18.5 Å². The number of hydrogen-bond acceptors (Lipinski definition) is 4. The van der Waals surface area contributed by atoms with Crippen LogP contribution >= 0.6 is 0 Å². The maximum Gasteiger partial charge on any atom is 0.255 e. The quantitative estimate of drug-likeness (QED) is 0.323. The van der Waals surface area contributed by atoms with Crippen molar-refractivity contribution in [2.24, 2.45) is 0 Å². The zero-order chi connectivity index (χ0) is 25.7. The minimum absolute atomic E-state index is 0.161. The average Bonchev–Trinajstić information content (AvgIpc) is 2.97. The molecule has 0 N–H and O–H groups in total. The van der Waals surface area contributed by atoms with Crippen LogP contribution in [0.25, 0.3) is 0 Å². The van der Waals surface area contributed by atoms with Gasteiger partial charge >= 0.3 is 0 Å². The van der Waals surface area contributed by atoms with Gasteiger partial charge in [-0.25, -0.2) is 0 Å². The van der Waals surface area contributed by atoms with Gasteiger partial charge in [0.05, 0.1) is 13.2 Å². The first-order valence-electron chi connectivity index (χ1n) is 12.3. The van der Waals surface area contributed by atoms with Crippen LogP contribution in [0.1, 0.15) is 32.6 Å². The number of carbonyl (C=O) groups excluding carboxylic acids is 1. The highest BCUT2D eigenvalue weighted by Gasteiger charge is 2.46. The van der Waals surface area contributed by atoms with Gasteiger partial charge in [0.25, 0.3) is 5.91 Å². The Balaban J connectivity index is 1.62. The summed E-state index contributed by atoms with van der Waals surface area (Å²) in [5.41, 5.74) is 3.12. The fourth-order valence-corrected chi connectivity index (χ4v) is 5.02. The van der Waals surface area contributed by atoms with Crippen molar-refractivity contribution in [3.8, 4) is 17.6 Å². The smallest absolute Gasteiger partial charge is 0.255 e. The highest BCUT2D eigenvalue weighted by molar-refractivity contribution is 5.95. The van der Waals surface area contributed by atoms with Gasteiger partial charge in [0.15, 0.2) is 17.0 Å². The molecule has 184 valence electrons. The monoisotopic (exact) mass is 488 g/mol. The van der Waals surface area contributed by atoms with Crippen LogP contribution in [0.4, 0.5) is 0 Å². The third-order valence-corrected chi connectivity index (χ3v) is 6.89. The molecule has 1 heterocycles. The number of nitrogens with zero attached hydrogens (tertiary/aromatic N) is 2. The molecule has 37 heavy (non-hydrogen) atoms. The number of carbonyl (C=O) groups is 1. The van der Waals surface area contributed by atoms with Crippen molar-refractivity contribution in [1.82, 2.24) is 4.90 Å². The predicted molar refractivity (Wildman–Crippen MR) is 142 cm³/mol. The van der Waals surface area contributed by atoms with Crippen molar-refractivity contribution >= 4 is 5.91 Å². The van der Waals surface area contributed by atoms with E-state index in [9.17, 15) is 10.1 Å². The lowest BCUT2D eigenvalue weighted by Gasteiger charge is -2.44. The largest absolute Gasteiger partial charge is 0.493 e. The molecule has 0 aromatic heterocycles. The van der Waals surface area contributed by atoms with E-state index in [1.54, 1.807) is 24.1 Å². The highest BCUT2D eigenvalue weighted by atomic mass is 16.5. The molecule has 5 nitrogen and oxygen atoms in total. The van der Waals surface area contributed by atoms with Crippen LogP contribution in [0.3, 0.4) is 0 Å². The van der Waals surface area contributed by atoms with Gasteiger partial charge in [-0.2, -0.15) is 5.26 Å². The van der Waals surface area contributed by atoms with Crippen molar-refractivity contribution in [2.75, 3.05) is 13.7 Å². The van der Waals surface area contributed by atoms with E-state index >= 15 is 0 Å². The Kier molecular flexibility index (Phi) is 6.91. The summed E-state index contributed by atoms with van der Waals surface area (Å²) in [7, 11) is 1.62. The van der Waals surface area contributed by atoms with E-state index in [4.69, 9.17) is 9.47 Å². The fourth-order valence-electron chi connectivity index (χ4n) is 5.02. The first-order valence-corrected chi connectivity index (χ1v) is 12.3. The zero-order valence-electron chi connectivity index (χ0n) is 20.8. The number of ether oxygens (including phenoxy) is 2. The van der Waals surface area contributed by atoms with Gasteiger partial charge < -0.3 is 14.4 Å². The number of rotatable bonds is 7. The van der Waals surface area contributed by atoms with Crippen LogP contribution in [0.15, 0.2) is 103 Å². The molecule has 0 saturated heterocycles. The van der Waals surface area contributed by atoms with E-state index in [-0.39, 0.29) is 5.91 Å². The van der Waals surface area contributed by atoms with Gasteiger partial charge in [-0.15, -0.1) is 0 Å². The number of amides is 1. The Hall–Kier alpha value is -4.56. The standard InChI is InChI=1S/C32H28N2O3/c1-36-29-19-27-17-18-34(31(35)26-15-9-4-10-16-26)32(23-33,21-24-11-5-2-6-12-24)28(27)20-30(29)37-22-25-13-7-3-8-14-25/h2-16,19-20H,17-18,21-22H2,1H3/t32-/m1/s1. The van der Waals surface area contributed by atoms with Crippen molar-refractivity contribution in [3.63, 3.8) is 0 Å². The third kappa shape index (κ3) is 4.79. The number of benzene rings is 4. The normalized spacial score (nSPS) is 16.4. The maximum atomic E-state index is 13.8. The molecule has 1 aliphatic rings. The van der Waals surface area contributed by atoms with E-state index < -0.39 is 5.54 Å². The van der Waals surface area contributed by atoms with Gasteiger partial charge in [-0.1, -0.05) is 78.9 Å². The third-order valence-electron chi connectivity index (χ3n) is 6.89. The molecule has 0 radical (unpaired) electrons. The topological polar surface area (TPSA) is 62.6 Å². The van der Waals surface area contributed by atoms with Crippen LogP contribution in [-0.4, -0.2) is 24.5 Å². The lowest BCUT2D eigenvalue weighted by molar-refractivity contribution is 0.0550. The van der Waals surface area contributed by atoms with Crippen molar-refractivity contribution in [1.29, 1.82) is 5.26 Å². The lowest BCUT2D eigenvalue weighted by Crippen LogP contribution is -2.54. The highest BCUT2D eigenvalue weighted by Crippen LogP contribution is 2.44. The Morgan fingerprint density at radius 3 is 2.14 bits per heavy atom. The minimum Gasteiger partial charge on any atom is -0.493 e. The molecular formula is C32H28N2O3. The molecule has 5 heteroatoms. The Bertz CT molecular complexity index is 1420. The predicted octanol–water partition coefficient (Wildman–Crippen LogP) is 5.93. The summed E-state index contributed by atoms with van der Waals surface area (Å²) in [6, 6.07) is 35.3. The van der Waals surface area contributed by atoms with E-state index in [0.29, 0.717) is 43.1 Å². The molecule has 0 bridgehead atoms. The van der Waals surface area contributed by atoms with Gasteiger partial charge in [0.1, 0.15) is 6.61 Å².